The maximum Gasteiger partial charge on any atom is 0.122 e. The van der Waals surface area contributed by atoms with Crippen molar-refractivity contribution < 1.29 is 14.6 Å². The number of β-amino-alcohol motifs (C(OH)–C–C–N with tert-alkyl or cyclic N) is 1. The van der Waals surface area contributed by atoms with Crippen LogP contribution in [0.1, 0.15) is 5.56 Å². The summed E-state index contributed by atoms with van der Waals surface area (Å²) in [6.07, 6.45) is 0.0513. The van der Waals surface area contributed by atoms with Gasteiger partial charge in [-0.05, 0) is 30.7 Å². The van der Waals surface area contributed by atoms with E-state index in [1.165, 1.54) is 0 Å². The Morgan fingerprint density at radius 3 is 3.11 bits per heavy atom. The minimum absolute atomic E-state index is 0.0513. The Labute approximate surface area is 118 Å². The van der Waals surface area contributed by atoms with Crippen LogP contribution in [0, 0.1) is 6.92 Å². The van der Waals surface area contributed by atoms with Crippen molar-refractivity contribution in [1.82, 2.24) is 4.90 Å². The van der Waals surface area contributed by atoms with Crippen molar-refractivity contribution in [3.8, 4) is 5.75 Å². The first-order valence-corrected chi connectivity index (χ1v) is 6.90. The van der Waals surface area contributed by atoms with E-state index in [4.69, 9.17) is 26.2 Å². The molecule has 106 valence electrons. The van der Waals surface area contributed by atoms with Crippen LogP contribution in [-0.2, 0) is 4.74 Å². The van der Waals surface area contributed by atoms with Crippen molar-refractivity contribution in [2.45, 2.75) is 13.0 Å². The van der Waals surface area contributed by atoms with E-state index in [-0.39, 0.29) is 12.7 Å². The minimum Gasteiger partial charge on any atom is -0.491 e. The lowest BCUT2D eigenvalue weighted by molar-refractivity contribution is -0.0509. The Morgan fingerprint density at radius 1 is 1.53 bits per heavy atom. The van der Waals surface area contributed by atoms with Gasteiger partial charge in [0.15, 0.2) is 0 Å². The molecule has 1 unspecified atom stereocenters. The van der Waals surface area contributed by atoms with E-state index < -0.39 is 0 Å². The summed E-state index contributed by atoms with van der Waals surface area (Å²) in [6, 6.07) is 5.59. The van der Waals surface area contributed by atoms with Crippen LogP contribution < -0.4 is 4.74 Å². The second kappa shape index (κ2) is 7.10. The molecule has 1 aromatic rings. The molecular weight excluding hydrogens is 266 g/mol. The highest BCUT2D eigenvalue weighted by Crippen LogP contribution is 2.22. The molecule has 1 saturated heterocycles. The Morgan fingerprint density at radius 2 is 2.37 bits per heavy atom. The molecule has 1 aliphatic heterocycles. The molecule has 1 aromatic carbocycles. The lowest BCUT2D eigenvalue weighted by Gasteiger charge is -2.32. The van der Waals surface area contributed by atoms with Crippen LogP contribution in [0.25, 0.3) is 0 Å². The van der Waals surface area contributed by atoms with E-state index in [2.05, 4.69) is 4.90 Å². The van der Waals surface area contributed by atoms with Crippen LogP contribution in [0.5, 0.6) is 5.75 Å². The molecule has 1 heterocycles. The van der Waals surface area contributed by atoms with Gasteiger partial charge < -0.3 is 14.6 Å². The molecule has 2 rings (SSSR count). The highest BCUT2D eigenvalue weighted by molar-refractivity contribution is 6.30. The number of morpholine rings is 1. The summed E-state index contributed by atoms with van der Waals surface area (Å²) in [7, 11) is 0. The first-order chi connectivity index (χ1) is 9.19. The number of hydrogen-bond donors (Lipinski definition) is 1. The summed E-state index contributed by atoms with van der Waals surface area (Å²) in [6.45, 7) is 5.73. The quantitative estimate of drug-likeness (QED) is 0.894. The van der Waals surface area contributed by atoms with E-state index in [1.807, 2.05) is 25.1 Å². The van der Waals surface area contributed by atoms with Crippen molar-refractivity contribution >= 4 is 11.6 Å². The monoisotopic (exact) mass is 285 g/mol. The zero-order valence-corrected chi connectivity index (χ0v) is 11.9. The fraction of sp³-hybridized carbons (Fsp3) is 0.571. The number of aliphatic hydroxyl groups excluding tert-OH is 1. The zero-order chi connectivity index (χ0) is 13.7. The standard InChI is InChI=1S/C14H20ClNO3/c1-11-8-12(15)2-3-14(11)19-10-13-9-16(4-6-17)5-7-18-13/h2-3,8,13,17H,4-7,9-10H2,1H3. The molecule has 1 N–H and O–H groups in total. The Balaban J connectivity index is 1.84. The Bertz CT molecular complexity index is 412. The van der Waals surface area contributed by atoms with Crippen LogP contribution in [-0.4, -0.2) is 55.6 Å². The molecule has 5 heteroatoms. The molecule has 0 saturated carbocycles. The largest absolute Gasteiger partial charge is 0.491 e. The second-order valence-electron chi connectivity index (χ2n) is 4.74. The smallest absolute Gasteiger partial charge is 0.122 e. The minimum atomic E-state index is 0.0513. The van der Waals surface area contributed by atoms with Gasteiger partial charge in [-0.2, -0.15) is 0 Å². The number of aryl methyl sites for hydroxylation is 1. The lowest BCUT2D eigenvalue weighted by Crippen LogP contribution is -2.45. The molecule has 19 heavy (non-hydrogen) atoms. The molecule has 0 spiro atoms. The van der Waals surface area contributed by atoms with E-state index >= 15 is 0 Å². The average Bonchev–Trinajstić information content (AvgIpc) is 2.38. The number of aliphatic hydroxyl groups is 1. The van der Waals surface area contributed by atoms with Crippen LogP contribution in [0.4, 0.5) is 0 Å². The SMILES string of the molecule is Cc1cc(Cl)ccc1OCC1CN(CCO)CCO1. The van der Waals surface area contributed by atoms with Crippen LogP contribution >= 0.6 is 11.6 Å². The van der Waals surface area contributed by atoms with Crippen LogP contribution in [0.15, 0.2) is 18.2 Å². The van der Waals surface area contributed by atoms with Gasteiger partial charge in [-0.3, -0.25) is 4.90 Å². The van der Waals surface area contributed by atoms with Gasteiger partial charge in [0.05, 0.1) is 13.2 Å². The maximum atomic E-state index is 8.95. The van der Waals surface area contributed by atoms with Crippen molar-refractivity contribution in [2.24, 2.45) is 0 Å². The Hall–Kier alpha value is -0.810. The molecule has 1 fully saturated rings. The summed E-state index contributed by atoms with van der Waals surface area (Å²) >= 11 is 5.91. The van der Waals surface area contributed by atoms with Gasteiger partial charge in [-0.15, -0.1) is 0 Å². The predicted octanol–water partition coefficient (Wildman–Crippen LogP) is 1.72. The number of hydrogen-bond acceptors (Lipinski definition) is 4. The zero-order valence-electron chi connectivity index (χ0n) is 11.1. The van der Waals surface area contributed by atoms with Gasteiger partial charge in [0.25, 0.3) is 0 Å². The van der Waals surface area contributed by atoms with Gasteiger partial charge >= 0.3 is 0 Å². The average molecular weight is 286 g/mol. The molecule has 0 aromatic heterocycles. The summed E-state index contributed by atoms with van der Waals surface area (Å²) in [5.74, 6) is 0.840. The molecular formula is C14H20ClNO3. The summed E-state index contributed by atoms with van der Waals surface area (Å²) in [4.78, 5) is 2.19. The third-order valence-corrected chi connectivity index (χ3v) is 3.44. The Kier molecular flexibility index (Phi) is 5.45. The fourth-order valence-corrected chi connectivity index (χ4v) is 2.41. The number of rotatable bonds is 5. The maximum absolute atomic E-state index is 8.95. The van der Waals surface area contributed by atoms with Crippen molar-refractivity contribution in [3.05, 3.63) is 28.8 Å². The third kappa shape index (κ3) is 4.35. The van der Waals surface area contributed by atoms with E-state index in [0.717, 1.165) is 24.4 Å². The van der Waals surface area contributed by atoms with Gasteiger partial charge in [0.2, 0.25) is 0 Å². The highest BCUT2D eigenvalue weighted by Gasteiger charge is 2.20. The molecule has 1 atom stereocenters. The first-order valence-electron chi connectivity index (χ1n) is 6.53. The highest BCUT2D eigenvalue weighted by atomic mass is 35.5. The van der Waals surface area contributed by atoms with Gasteiger partial charge in [-0.25, -0.2) is 0 Å². The summed E-state index contributed by atoms with van der Waals surface area (Å²) in [5, 5.41) is 9.66. The number of nitrogens with zero attached hydrogens (tertiary/aromatic N) is 1. The van der Waals surface area contributed by atoms with Gasteiger partial charge in [0, 0.05) is 24.7 Å². The van der Waals surface area contributed by atoms with E-state index in [1.54, 1.807) is 0 Å². The lowest BCUT2D eigenvalue weighted by atomic mass is 10.2. The van der Waals surface area contributed by atoms with Crippen molar-refractivity contribution in [1.29, 1.82) is 0 Å². The van der Waals surface area contributed by atoms with E-state index in [0.29, 0.717) is 24.8 Å². The second-order valence-corrected chi connectivity index (χ2v) is 5.17. The van der Waals surface area contributed by atoms with Gasteiger partial charge in [-0.1, -0.05) is 11.6 Å². The van der Waals surface area contributed by atoms with Gasteiger partial charge in [0.1, 0.15) is 18.5 Å². The third-order valence-electron chi connectivity index (χ3n) is 3.20. The fourth-order valence-electron chi connectivity index (χ4n) is 2.18. The molecule has 1 aliphatic rings. The summed E-state index contributed by atoms with van der Waals surface area (Å²) in [5.41, 5.74) is 1.02. The van der Waals surface area contributed by atoms with Crippen molar-refractivity contribution in [2.75, 3.05) is 39.5 Å². The summed E-state index contributed by atoms with van der Waals surface area (Å²) < 4.78 is 11.5. The molecule has 0 amide bonds. The molecule has 0 aliphatic carbocycles. The molecule has 0 bridgehead atoms. The number of benzene rings is 1. The number of halogens is 1. The first kappa shape index (κ1) is 14.6. The van der Waals surface area contributed by atoms with E-state index in [9.17, 15) is 0 Å². The van der Waals surface area contributed by atoms with Crippen molar-refractivity contribution in [3.63, 3.8) is 0 Å². The van der Waals surface area contributed by atoms with Crippen LogP contribution in [0.3, 0.4) is 0 Å². The molecule has 0 radical (unpaired) electrons. The predicted molar refractivity (Wildman–Crippen MR) is 74.9 cm³/mol. The topological polar surface area (TPSA) is 41.9 Å². The van der Waals surface area contributed by atoms with Crippen LogP contribution in [0.2, 0.25) is 5.02 Å². The molecule has 4 nitrogen and oxygen atoms in total. The normalized spacial score (nSPS) is 20.5. The number of ether oxygens (including phenoxy) is 2.